The first-order chi connectivity index (χ1) is 8.18. The van der Waals surface area contributed by atoms with E-state index in [1.807, 2.05) is 0 Å². The van der Waals surface area contributed by atoms with Gasteiger partial charge in [0.1, 0.15) is 0 Å². The molecule has 0 radical (unpaired) electrons. The van der Waals surface area contributed by atoms with Crippen molar-refractivity contribution in [2.24, 2.45) is 0 Å². The molecule has 17 heavy (non-hydrogen) atoms. The molecule has 0 fully saturated rings. The van der Waals surface area contributed by atoms with Gasteiger partial charge in [0.2, 0.25) is 0 Å². The fourth-order valence-electron chi connectivity index (χ4n) is 1.45. The molecule has 0 atom stereocenters. The molecule has 2 N–H and O–H groups in total. The van der Waals surface area contributed by atoms with Gasteiger partial charge >= 0.3 is 5.97 Å². The fourth-order valence-corrected chi connectivity index (χ4v) is 1.67. The molecule has 4 heteroatoms. The largest absolute Gasteiger partial charge is 0.481 e. The van der Waals surface area contributed by atoms with Crippen LogP contribution in [0.25, 0.3) is 0 Å². The lowest BCUT2D eigenvalue weighted by atomic mass is 10.1. The van der Waals surface area contributed by atoms with E-state index in [-0.39, 0.29) is 6.61 Å². The molecular weight excluding hydrogens is 236 g/mol. The zero-order valence-corrected chi connectivity index (χ0v) is 11.9. The Balaban J connectivity index is 0. The molecule has 0 rings (SSSR count). The van der Waals surface area contributed by atoms with Crippen molar-refractivity contribution in [1.29, 1.82) is 0 Å². The summed E-state index contributed by atoms with van der Waals surface area (Å²) in [5, 5.41) is 16.0. The maximum absolute atomic E-state index is 10.2. The SMILES string of the molecule is CCO.O=C(O)CCCCCCCCCCS. The van der Waals surface area contributed by atoms with Crippen LogP contribution in [0.5, 0.6) is 0 Å². The van der Waals surface area contributed by atoms with Crippen molar-refractivity contribution in [3.8, 4) is 0 Å². The van der Waals surface area contributed by atoms with Crippen LogP contribution in [0.3, 0.4) is 0 Å². The molecule has 0 saturated carbocycles. The third kappa shape index (κ3) is 25.8. The van der Waals surface area contributed by atoms with Crippen LogP contribution in [0.4, 0.5) is 0 Å². The van der Waals surface area contributed by atoms with Crippen LogP contribution < -0.4 is 0 Å². The van der Waals surface area contributed by atoms with Gasteiger partial charge in [0.05, 0.1) is 0 Å². The van der Waals surface area contributed by atoms with E-state index < -0.39 is 5.97 Å². The number of carbonyl (C=O) groups is 1. The lowest BCUT2D eigenvalue weighted by Gasteiger charge is -2.00. The minimum Gasteiger partial charge on any atom is -0.481 e. The quantitative estimate of drug-likeness (QED) is 0.418. The lowest BCUT2D eigenvalue weighted by Crippen LogP contribution is -1.93. The first-order valence-electron chi connectivity index (χ1n) is 6.62. The number of rotatable bonds is 10. The third-order valence-corrected chi connectivity index (χ3v) is 2.61. The topological polar surface area (TPSA) is 57.5 Å². The molecule has 0 aliphatic heterocycles. The number of carboxylic acid groups (broad SMARTS) is 1. The summed E-state index contributed by atoms with van der Waals surface area (Å²) in [6.45, 7) is 1.93. The van der Waals surface area contributed by atoms with Crippen molar-refractivity contribution in [3.05, 3.63) is 0 Å². The van der Waals surface area contributed by atoms with Crippen molar-refractivity contribution in [2.45, 2.75) is 64.7 Å². The molecular formula is C13H28O3S. The van der Waals surface area contributed by atoms with Crippen molar-refractivity contribution in [2.75, 3.05) is 12.4 Å². The number of aliphatic hydroxyl groups is 1. The predicted molar refractivity (Wildman–Crippen MR) is 75.8 cm³/mol. The Kier molecular flexibility index (Phi) is 20.4. The van der Waals surface area contributed by atoms with Crippen molar-refractivity contribution in [1.82, 2.24) is 0 Å². The fraction of sp³-hybridized carbons (Fsp3) is 0.923. The average molecular weight is 264 g/mol. The van der Waals surface area contributed by atoms with Gasteiger partial charge in [-0.2, -0.15) is 12.6 Å². The maximum Gasteiger partial charge on any atom is 0.303 e. The molecule has 0 spiro atoms. The van der Waals surface area contributed by atoms with Gasteiger partial charge < -0.3 is 10.2 Å². The van der Waals surface area contributed by atoms with Gasteiger partial charge in [-0.25, -0.2) is 0 Å². The standard InChI is InChI=1S/C11H22O2S.C2H6O/c12-11(13)9-7-5-3-1-2-4-6-8-10-14;1-2-3/h14H,1-10H2,(H,12,13);3H,2H2,1H3. The molecule has 0 aliphatic carbocycles. The van der Waals surface area contributed by atoms with Crippen LogP contribution in [0.15, 0.2) is 0 Å². The molecule has 0 aromatic heterocycles. The van der Waals surface area contributed by atoms with E-state index in [9.17, 15) is 4.79 Å². The summed E-state index contributed by atoms with van der Waals surface area (Å²) in [6.07, 6.45) is 9.80. The Morgan fingerprint density at radius 3 is 1.65 bits per heavy atom. The van der Waals surface area contributed by atoms with E-state index in [2.05, 4.69) is 12.6 Å². The van der Waals surface area contributed by atoms with Crippen molar-refractivity contribution < 1.29 is 15.0 Å². The highest BCUT2D eigenvalue weighted by molar-refractivity contribution is 7.80. The van der Waals surface area contributed by atoms with Crippen LogP contribution >= 0.6 is 12.6 Å². The van der Waals surface area contributed by atoms with Gasteiger partial charge in [0, 0.05) is 13.0 Å². The molecule has 0 amide bonds. The Hall–Kier alpha value is -0.220. The predicted octanol–water partition coefficient (Wildman–Crippen LogP) is 3.51. The van der Waals surface area contributed by atoms with Gasteiger partial charge in [0.25, 0.3) is 0 Å². The summed E-state index contributed by atoms with van der Waals surface area (Å²) in [5.74, 6) is 0.331. The first-order valence-corrected chi connectivity index (χ1v) is 7.25. The number of hydrogen-bond acceptors (Lipinski definition) is 3. The number of hydrogen-bond donors (Lipinski definition) is 3. The minimum atomic E-state index is -0.668. The molecule has 104 valence electrons. The summed E-state index contributed by atoms with van der Waals surface area (Å²) in [6, 6.07) is 0. The van der Waals surface area contributed by atoms with E-state index in [4.69, 9.17) is 10.2 Å². The molecule has 0 heterocycles. The zero-order chi connectivity index (χ0) is 13.4. The average Bonchev–Trinajstić information content (AvgIpc) is 2.27. The zero-order valence-electron chi connectivity index (χ0n) is 11.0. The molecule has 0 aromatic carbocycles. The highest BCUT2D eigenvalue weighted by Gasteiger charge is 1.96. The molecule has 0 saturated heterocycles. The van der Waals surface area contributed by atoms with Gasteiger partial charge in [-0.15, -0.1) is 0 Å². The number of unbranched alkanes of at least 4 members (excludes halogenated alkanes) is 7. The third-order valence-electron chi connectivity index (χ3n) is 2.30. The van der Waals surface area contributed by atoms with Crippen LogP contribution in [0.2, 0.25) is 0 Å². The molecule has 0 bridgehead atoms. The monoisotopic (exact) mass is 264 g/mol. The Bertz CT molecular complexity index is 152. The summed E-state index contributed by atoms with van der Waals surface area (Å²) < 4.78 is 0. The number of aliphatic carboxylic acids is 1. The highest BCUT2D eigenvalue weighted by Crippen LogP contribution is 2.09. The maximum atomic E-state index is 10.2. The number of carboxylic acids is 1. The Morgan fingerprint density at radius 1 is 0.941 bits per heavy atom. The summed E-state index contributed by atoms with van der Waals surface area (Å²) in [7, 11) is 0. The molecule has 0 aliphatic rings. The van der Waals surface area contributed by atoms with E-state index in [0.717, 1.165) is 18.6 Å². The second-order valence-electron chi connectivity index (χ2n) is 4.01. The second kappa shape index (κ2) is 18.2. The van der Waals surface area contributed by atoms with E-state index >= 15 is 0 Å². The molecule has 3 nitrogen and oxygen atoms in total. The first kappa shape index (κ1) is 19.1. The van der Waals surface area contributed by atoms with Crippen LogP contribution in [-0.4, -0.2) is 28.5 Å². The van der Waals surface area contributed by atoms with Crippen molar-refractivity contribution in [3.63, 3.8) is 0 Å². The van der Waals surface area contributed by atoms with Gasteiger partial charge in [0.15, 0.2) is 0 Å². The van der Waals surface area contributed by atoms with Gasteiger partial charge in [-0.05, 0) is 25.5 Å². The van der Waals surface area contributed by atoms with E-state index in [1.165, 1.54) is 38.5 Å². The summed E-state index contributed by atoms with van der Waals surface area (Å²) in [4.78, 5) is 10.2. The second-order valence-corrected chi connectivity index (χ2v) is 4.46. The van der Waals surface area contributed by atoms with Crippen LogP contribution in [-0.2, 0) is 4.79 Å². The van der Waals surface area contributed by atoms with E-state index in [1.54, 1.807) is 6.92 Å². The van der Waals surface area contributed by atoms with E-state index in [0.29, 0.717) is 6.42 Å². The normalized spacial score (nSPS) is 9.59. The highest BCUT2D eigenvalue weighted by atomic mass is 32.1. The Labute approximate surface area is 111 Å². The number of thiol groups is 1. The molecule has 0 aromatic rings. The van der Waals surface area contributed by atoms with Crippen LogP contribution in [0.1, 0.15) is 64.7 Å². The Morgan fingerprint density at radius 2 is 1.29 bits per heavy atom. The molecule has 0 unspecified atom stereocenters. The summed E-state index contributed by atoms with van der Waals surface area (Å²) >= 11 is 4.16. The number of aliphatic hydroxyl groups excluding tert-OH is 1. The minimum absolute atomic E-state index is 0.250. The van der Waals surface area contributed by atoms with Crippen LogP contribution in [0, 0.1) is 0 Å². The van der Waals surface area contributed by atoms with Gasteiger partial charge in [-0.1, -0.05) is 38.5 Å². The van der Waals surface area contributed by atoms with Gasteiger partial charge in [-0.3, -0.25) is 4.79 Å². The summed E-state index contributed by atoms with van der Waals surface area (Å²) in [5.41, 5.74) is 0. The van der Waals surface area contributed by atoms with Crippen molar-refractivity contribution >= 4 is 18.6 Å². The lowest BCUT2D eigenvalue weighted by molar-refractivity contribution is -0.137. The smallest absolute Gasteiger partial charge is 0.303 e.